The molecular formula is C15H21N3O2. The van der Waals surface area contributed by atoms with Gasteiger partial charge in [0.15, 0.2) is 0 Å². The predicted molar refractivity (Wildman–Crippen MR) is 79.5 cm³/mol. The first-order chi connectivity index (χ1) is 9.61. The number of rotatable bonds is 3. The van der Waals surface area contributed by atoms with Gasteiger partial charge in [-0.15, -0.1) is 0 Å². The number of para-hydroxylation sites is 1. The molecule has 0 saturated carbocycles. The number of imidazole rings is 1. The number of nitrogens with zero attached hydrogens (tertiary/aromatic N) is 2. The highest BCUT2D eigenvalue weighted by atomic mass is 16.5. The van der Waals surface area contributed by atoms with Gasteiger partial charge in [-0.3, -0.25) is 9.47 Å². The molecule has 1 atom stereocenters. The molecule has 0 bridgehead atoms. The van der Waals surface area contributed by atoms with Crippen LogP contribution in [0.3, 0.4) is 0 Å². The summed E-state index contributed by atoms with van der Waals surface area (Å²) in [7, 11) is 1.63. The Morgan fingerprint density at radius 2 is 2.20 bits per heavy atom. The van der Waals surface area contributed by atoms with Crippen molar-refractivity contribution in [2.24, 2.45) is 0 Å². The van der Waals surface area contributed by atoms with Crippen molar-refractivity contribution in [1.82, 2.24) is 14.5 Å². The van der Waals surface area contributed by atoms with Crippen LogP contribution < -0.4 is 10.4 Å². The molecule has 108 valence electrons. The van der Waals surface area contributed by atoms with Crippen molar-refractivity contribution < 1.29 is 4.74 Å². The second-order valence-corrected chi connectivity index (χ2v) is 5.69. The second kappa shape index (κ2) is 4.98. The van der Waals surface area contributed by atoms with Crippen LogP contribution in [0, 0.1) is 0 Å². The molecule has 1 unspecified atom stereocenters. The summed E-state index contributed by atoms with van der Waals surface area (Å²) in [6.45, 7) is 6.37. The Morgan fingerprint density at radius 3 is 2.85 bits per heavy atom. The van der Waals surface area contributed by atoms with E-state index >= 15 is 0 Å². The summed E-state index contributed by atoms with van der Waals surface area (Å²) >= 11 is 0. The number of fused-ring (bicyclic) bond motifs is 1. The minimum absolute atomic E-state index is 0.0416. The number of aromatic nitrogens is 2. The maximum Gasteiger partial charge on any atom is 0.326 e. The Bertz CT molecular complexity index is 671. The molecule has 1 aromatic carbocycles. The molecule has 0 radical (unpaired) electrons. The van der Waals surface area contributed by atoms with Crippen molar-refractivity contribution in [2.45, 2.75) is 32.4 Å². The Balaban J connectivity index is 2.05. The van der Waals surface area contributed by atoms with Gasteiger partial charge in [-0.2, -0.15) is 0 Å². The van der Waals surface area contributed by atoms with Gasteiger partial charge in [-0.1, -0.05) is 6.07 Å². The maximum atomic E-state index is 12.3. The minimum Gasteiger partial charge on any atom is -0.494 e. The molecule has 1 fully saturated rings. The average Bonchev–Trinajstić information content (AvgIpc) is 3.01. The van der Waals surface area contributed by atoms with Crippen LogP contribution in [0.25, 0.3) is 11.0 Å². The third kappa shape index (κ3) is 2.02. The first-order valence-corrected chi connectivity index (χ1v) is 7.13. The topological polar surface area (TPSA) is 50.3 Å². The molecule has 0 aliphatic carbocycles. The SMILES string of the molecule is COc1cccc2c1[nH]c(=O)n2C1CCN(C(C)C)C1. The summed E-state index contributed by atoms with van der Waals surface area (Å²) < 4.78 is 7.21. The molecule has 5 nitrogen and oxygen atoms in total. The van der Waals surface area contributed by atoms with Gasteiger partial charge in [0, 0.05) is 19.1 Å². The van der Waals surface area contributed by atoms with E-state index in [0.29, 0.717) is 6.04 Å². The first kappa shape index (κ1) is 13.2. The van der Waals surface area contributed by atoms with Crippen LogP contribution in [-0.4, -0.2) is 40.7 Å². The number of H-pyrrole nitrogens is 1. The van der Waals surface area contributed by atoms with Crippen LogP contribution in [0.1, 0.15) is 26.3 Å². The number of benzene rings is 1. The van der Waals surface area contributed by atoms with Crippen LogP contribution in [0.2, 0.25) is 0 Å². The van der Waals surface area contributed by atoms with E-state index in [1.165, 1.54) is 0 Å². The highest BCUT2D eigenvalue weighted by Gasteiger charge is 2.28. The van der Waals surface area contributed by atoms with Gasteiger partial charge < -0.3 is 9.72 Å². The molecule has 0 amide bonds. The first-order valence-electron chi connectivity index (χ1n) is 7.13. The molecule has 1 aromatic heterocycles. The van der Waals surface area contributed by atoms with Crippen molar-refractivity contribution in [3.05, 3.63) is 28.7 Å². The molecule has 2 aromatic rings. The lowest BCUT2D eigenvalue weighted by atomic mass is 10.2. The van der Waals surface area contributed by atoms with E-state index in [4.69, 9.17) is 4.74 Å². The van der Waals surface area contributed by atoms with E-state index < -0.39 is 0 Å². The molecule has 1 N–H and O–H groups in total. The van der Waals surface area contributed by atoms with E-state index in [9.17, 15) is 4.79 Å². The summed E-state index contributed by atoms with van der Waals surface area (Å²) in [6, 6.07) is 6.55. The lowest BCUT2D eigenvalue weighted by molar-refractivity contribution is 0.265. The van der Waals surface area contributed by atoms with Gasteiger partial charge in [-0.05, 0) is 32.4 Å². The molecular weight excluding hydrogens is 254 g/mol. The van der Waals surface area contributed by atoms with Crippen molar-refractivity contribution in [2.75, 3.05) is 20.2 Å². The monoisotopic (exact) mass is 275 g/mol. The van der Waals surface area contributed by atoms with E-state index in [0.717, 1.165) is 36.3 Å². The largest absolute Gasteiger partial charge is 0.494 e. The second-order valence-electron chi connectivity index (χ2n) is 5.69. The van der Waals surface area contributed by atoms with Crippen molar-refractivity contribution in [3.8, 4) is 5.75 Å². The van der Waals surface area contributed by atoms with Crippen molar-refractivity contribution in [3.63, 3.8) is 0 Å². The molecule has 20 heavy (non-hydrogen) atoms. The van der Waals surface area contributed by atoms with Gasteiger partial charge in [-0.25, -0.2) is 4.79 Å². The maximum absolute atomic E-state index is 12.3. The number of methoxy groups -OCH3 is 1. The highest BCUT2D eigenvalue weighted by Crippen LogP contribution is 2.28. The number of hydrogen-bond acceptors (Lipinski definition) is 3. The molecule has 0 spiro atoms. The smallest absolute Gasteiger partial charge is 0.326 e. The number of ether oxygens (including phenoxy) is 1. The summed E-state index contributed by atoms with van der Waals surface area (Å²) in [5, 5.41) is 0. The lowest BCUT2D eigenvalue weighted by Crippen LogP contribution is -2.30. The van der Waals surface area contributed by atoms with Crippen LogP contribution in [0.15, 0.2) is 23.0 Å². The summed E-state index contributed by atoms with van der Waals surface area (Å²) in [4.78, 5) is 17.6. The number of nitrogens with one attached hydrogen (secondary N) is 1. The van der Waals surface area contributed by atoms with E-state index in [1.54, 1.807) is 7.11 Å². The fraction of sp³-hybridized carbons (Fsp3) is 0.533. The molecule has 5 heteroatoms. The van der Waals surface area contributed by atoms with Crippen LogP contribution in [-0.2, 0) is 0 Å². The van der Waals surface area contributed by atoms with Gasteiger partial charge >= 0.3 is 5.69 Å². The average molecular weight is 275 g/mol. The Labute approximate surface area is 118 Å². The van der Waals surface area contributed by atoms with Gasteiger partial charge in [0.05, 0.1) is 18.7 Å². The van der Waals surface area contributed by atoms with Crippen LogP contribution in [0.5, 0.6) is 5.75 Å². The van der Waals surface area contributed by atoms with Gasteiger partial charge in [0.2, 0.25) is 0 Å². The predicted octanol–water partition coefficient (Wildman–Crippen LogP) is 1.99. The Morgan fingerprint density at radius 1 is 1.40 bits per heavy atom. The zero-order chi connectivity index (χ0) is 14.3. The van der Waals surface area contributed by atoms with Crippen molar-refractivity contribution >= 4 is 11.0 Å². The fourth-order valence-electron chi connectivity index (χ4n) is 3.10. The van der Waals surface area contributed by atoms with Crippen LogP contribution in [0.4, 0.5) is 0 Å². The summed E-state index contributed by atoms with van der Waals surface area (Å²) in [6.07, 6.45) is 1.02. The third-order valence-corrected chi connectivity index (χ3v) is 4.22. The third-order valence-electron chi connectivity index (χ3n) is 4.22. The minimum atomic E-state index is -0.0416. The number of likely N-dealkylation sites (tertiary alicyclic amines) is 1. The van der Waals surface area contributed by atoms with E-state index in [-0.39, 0.29) is 11.7 Å². The van der Waals surface area contributed by atoms with Gasteiger partial charge in [0.1, 0.15) is 11.3 Å². The Hall–Kier alpha value is -1.75. The molecule has 3 rings (SSSR count). The van der Waals surface area contributed by atoms with E-state index in [1.807, 2.05) is 22.8 Å². The number of aromatic amines is 1. The molecule has 1 aliphatic heterocycles. The molecule has 1 aliphatic rings. The quantitative estimate of drug-likeness (QED) is 0.932. The van der Waals surface area contributed by atoms with E-state index in [2.05, 4.69) is 23.7 Å². The number of hydrogen-bond donors (Lipinski definition) is 1. The lowest BCUT2D eigenvalue weighted by Gasteiger charge is -2.20. The molecule has 2 heterocycles. The highest BCUT2D eigenvalue weighted by molar-refractivity contribution is 5.82. The van der Waals surface area contributed by atoms with Gasteiger partial charge in [0.25, 0.3) is 0 Å². The normalized spacial score (nSPS) is 20.1. The Kier molecular flexibility index (Phi) is 3.30. The standard InChI is InChI=1S/C15H21N3O2/c1-10(2)17-8-7-11(9-17)18-12-5-4-6-13(20-3)14(12)16-15(18)19/h4-6,10-11H,7-9H2,1-3H3,(H,16,19). The molecule has 1 saturated heterocycles. The summed E-state index contributed by atoms with van der Waals surface area (Å²) in [5.74, 6) is 0.720. The fourth-order valence-corrected chi connectivity index (χ4v) is 3.10. The zero-order valence-electron chi connectivity index (χ0n) is 12.2. The van der Waals surface area contributed by atoms with Crippen LogP contribution >= 0.6 is 0 Å². The summed E-state index contributed by atoms with van der Waals surface area (Å²) in [5.41, 5.74) is 1.69. The van der Waals surface area contributed by atoms with Crippen molar-refractivity contribution in [1.29, 1.82) is 0 Å². The zero-order valence-corrected chi connectivity index (χ0v) is 12.2.